The van der Waals surface area contributed by atoms with E-state index in [1.807, 2.05) is 12.1 Å². The topological polar surface area (TPSA) is 69.4 Å². The summed E-state index contributed by atoms with van der Waals surface area (Å²) in [6, 6.07) is 6.55. The van der Waals surface area contributed by atoms with Gasteiger partial charge in [-0.3, -0.25) is 9.69 Å². The van der Waals surface area contributed by atoms with E-state index in [2.05, 4.69) is 46.2 Å². The van der Waals surface area contributed by atoms with Crippen molar-refractivity contribution in [1.29, 1.82) is 0 Å². The second kappa shape index (κ2) is 11.9. The summed E-state index contributed by atoms with van der Waals surface area (Å²) >= 11 is 6.30. The van der Waals surface area contributed by atoms with E-state index >= 15 is 0 Å². The number of fused-ring (bicyclic) bond motifs is 1. The Hall–Kier alpha value is -3.19. The van der Waals surface area contributed by atoms with Crippen LogP contribution in [0.3, 0.4) is 0 Å². The van der Waals surface area contributed by atoms with E-state index < -0.39 is 0 Å². The monoisotopic (exact) mass is 549 g/mol. The molecule has 4 heterocycles. The summed E-state index contributed by atoms with van der Waals surface area (Å²) in [5.74, 6) is 0.713. The molecule has 0 N–H and O–H groups in total. The molecule has 0 unspecified atom stereocenters. The molecule has 0 spiro atoms. The van der Waals surface area contributed by atoms with Crippen molar-refractivity contribution < 1.29 is 9.53 Å². The Morgan fingerprint density at radius 1 is 1.26 bits per heavy atom. The molecular formula is C29H36ClN7O2. The number of nitrogens with zero attached hydrogens (tertiary/aromatic N) is 7. The SMILES string of the molecule is [C-]#[N+]C[C@H]1CN(c2nc(OC[C@@H]3CCCN3C)nc3c2CN(Cc2cc(Cl)ccc2C)C3)CCN1C(=O)C=C. The van der Waals surface area contributed by atoms with Gasteiger partial charge in [0.05, 0.1) is 5.69 Å². The number of carbonyl (C=O) groups excluding carboxylic acids is 1. The number of aromatic nitrogens is 2. The lowest BCUT2D eigenvalue weighted by Crippen LogP contribution is -2.56. The molecule has 2 fully saturated rings. The van der Waals surface area contributed by atoms with Crippen LogP contribution in [0.4, 0.5) is 5.82 Å². The van der Waals surface area contributed by atoms with Gasteiger partial charge in [0.15, 0.2) is 0 Å². The van der Waals surface area contributed by atoms with E-state index in [0.29, 0.717) is 51.4 Å². The van der Waals surface area contributed by atoms with Crippen LogP contribution in [-0.4, -0.2) is 89.0 Å². The summed E-state index contributed by atoms with van der Waals surface area (Å²) in [4.78, 5) is 34.5. The zero-order valence-electron chi connectivity index (χ0n) is 22.8. The van der Waals surface area contributed by atoms with Crippen LogP contribution in [0.1, 0.15) is 35.2 Å². The van der Waals surface area contributed by atoms with Crippen molar-refractivity contribution in [2.45, 2.75) is 51.5 Å². The molecule has 1 aromatic heterocycles. The van der Waals surface area contributed by atoms with E-state index in [0.717, 1.165) is 41.6 Å². The number of hydrogen-bond acceptors (Lipinski definition) is 7. The fourth-order valence-electron chi connectivity index (χ4n) is 5.85. The van der Waals surface area contributed by atoms with Gasteiger partial charge in [-0.2, -0.15) is 9.97 Å². The van der Waals surface area contributed by atoms with Gasteiger partial charge in [0.2, 0.25) is 12.5 Å². The molecule has 0 saturated carbocycles. The third kappa shape index (κ3) is 6.03. The van der Waals surface area contributed by atoms with Crippen molar-refractivity contribution in [2.24, 2.45) is 0 Å². The van der Waals surface area contributed by atoms with E-state index in [1.54, 1.807) is 4.90 Å². The van der Waals surface area contributed by atoms with Crippen molar-refractivity contribution in [3.8, 4) is 6.01 Å². The first-order valence-corrected chi connectivity index (χ1v) is 14.0. The van der Waals surface area contributed by atoms with Crippen LogP contribution < -0.4 is 9.64 Å². The summed E-state index contributed by atoms with van der Waals surface area (Å²) in [5, 5.41) is 0.734. The molecule has 39 heavy (non-hydrogen) atoms. The third-order valence-corrected chi connectivity index (χ3v) is 8.36. The van der Waals surface area contributed by atoms with Crippen LogP contribution in [-0.2, 0) is 24.4 Å². The highest BCUT2D eigenvalue weighted by Crippen LogP contribution is 2.34. The Labute approximate surface area is 235 Å². The molecule has 0 aliphatic carbocycles. The first-order valence-electron chi connectivity index (χ1n) is 13.6. The molecule has 3 aliphatic rings. The minimum Gasteiger partial charge on any atom is -0.462 e. The van der Waals surface area contributed by atoms with Gasteiger partial charge in [-0.25, -0.2) is 6.57 Å². The Bertz CT molecular complexity index is 1280. The number of carbonyl (C=O) groups is 1. The highest BCUT2D eigenvalue weighted by atomic mass is 35.5. The lowest BCUT2D eigenvalue weighted by Gasteiger charge is -2.40. The molecule has 1 aromatic carbocycles. The van der Waals surface area contributed by atoms with Crippen molar-refractivity contribution in [2.75, 3.05) is 51.3 Å². The van der Waals surface area contributed by atoms with Crippen molar-refractivity contribution in [1.82, 2.24) is 24.7 Å². The Kier molecular flexibility index (Phi) is 8.36. The second-order valence-electron chi connectivity index (χ2n) is 10.7. The number of piperazine rings is 1. The third-order valence-electron chi connectivity index (χ3n) is 8.13. The van der Waals surface area contributed by atoms with Crippen molar-refractivity contribution in [3.05, 3.63) is 69.7 Å². The van der Waals surface area contributed by atoms with E-state index in [-0.39, 0.29) is 18.5 Å². The Balaban J connectivity index is 1.41. The van der Waals surface area contributed by atoms with E-state index in [1.165, 1.54) is 23.6 Å². The Morgan fingerprint density at radius 2 is 2.10 bits per heavy atom. The molecule has 9 nitrogen and oxygen atoms in total. The number of benzene rings is 1. The molecule has 2 aromatic rings. The molecule has 5 rings (SSSR count). The summed E-state index contributed by atoms with van der Waals surface area (Å²) < 4.78 is 6.20. The number of halogens is 1. The number of amides is 1. The van der Waals surface area contributed by atoms with Gasteiger partial charge >= 0.3 is 6.01 Å². The number of likely N-dealkylation sites (tertiary alicyclic amines) is 1. The van der Waals surface area contributed by atoms with Crippen LogP contribution >= 0.6 is 11.6 Å². The standard InChI is InChI=1S/C29H36ClN7O2/c1-5-27(38)37-12-11-36(16-24(37)14-31-3)28-25-17-35(15-21-13-22(30)9-8-20(21)2)18-26(25)32-29(33-28)39-19-23-7-6-10-34(23)4/h5,8-9,13,23-24H,1,6-7,10-12,14-19H2,2,4H3/t23-,24-/m0/s1. The van der Waals surface area contributed by atoms with Crippen LogP contribution in [0.15, 0.2) is 30.9 Å². The zero-order valence-corrected chi connectivity index (χ0v) is 23.5. The predicted octanol–water partition coefficient (Wildman–Crippen LogP) is 3.55. The number of anilines is 1. The fourth-order valence-corrected chi connectivity index (χ4v) is 6.04. The number of aryl methyl sites for hydroxylation is 1. The number of likely N-dealkylation sites (N-methyl/N-ethyl adjacent to an activating group) is 1. The van der Waals surface area contributed by atoms with Crippen molar-refractivity contribution in [3.63, 3.8) is 0 Å². The van der Waals surface area contributed by atoms with Gasteiger partial charge < -0.3 is 24.3 Å². The molecule has 2 saturated heterocycles. The molecule has 3 aliphatic heterocycles. The molecule has 0 radical (unpaired) electrons. The highest BCUT2D eigenvalue weighted by molar-refractivity contribution is 6.30. The molecule has 1 amide bonds. The van der Waals surface area contributed by atoms with Crippen LogP contribution in [0, 0.1) is 13.5 Å². The van der Waals surface area contributed by atoms with Crippen LogP contribution in [0.25, 0.3) is 4.85 Å². The quantitative estimate of drug-likeness (QED) is 0.368. The first kappa shape index (κ1) is 27.4. The molecular weight excluding hydrogens is 514 g/mol. The smallest absolute Gasteiger partial charge is 0.318 e. The Morgan fingerprint density at radius 3 is 2.85 bits per heavy atom. The van der Waals surface area contributed by atoms with Gasteiger partial charge in [-0.05, 0) is 62.7 Å². The minimum absolute atomic E-state index is 0.135. The summed E-state index contributed by atoms with van der Waals surface area (Å²) in [5.41, 5.74) is 4.46. The minimum atomic E-state index is -0.226. The molecule has 2 atom stereocenters. The van der Waals surface area contributed by atoms with Gasteiger partial charge in [0, 0.05) is 55.9 Å². The predicted molar refractivity (Wildman–Crippen MR) is 152 cm³/mol. The average Bonchev–Trinajstić information content (AvgIpc) is 3.53. The largest absolute Gasteiger partial charge is 0.462 e. The second-order valence-corrected chi connectivity index (χ2v) is 11.2. The summed E-state index contributed by atoms with van der Waals surface area (Å²) in [7, 11) is 2.13. The van der Waals surface area contributed by atoms with Gasteiger partial charge in [0.1, 0.15) is 18.5 Å². The average molecular weight is 550 g/mol. The van der Waals surface area contributed by atoms with Crippen LogP contribution in [0.5, 0.6) is 6.01 Å². The number of ether oxygens (including phenoxy) is 1. The molecule has 0 bridgehead atoms. The number of hydrogen-bond donors (Lipinski definition) is 0. The van der Waals surface area contributed by atoms with Crippen LogP contribution in [0.2, 0.25) is 5.02 Å². The van der Waals surface area contributed by atoms with E-state index in [4.69, 9.17) is 32.9 Å². The van der Waals surface area contributed by atoms with Crippen molar-refractivity contribution >= 4 is 23.3 Å². The van der Waals surface area contributed by atoms with E-state index in [9.17, 15) is 4.79 Å². The summed E-state index contributed by atoms with van der Waals surface area (Å²) in [6.45, 7) is 18.9. The number of rotatable bonds is 8. The maximum absolute atomic E-state index is 12.5. The van der Waals surface area contributed by atoms with Gasteiger partial charge in [-0.15, -0.1) is 0 Å². The van der Waals surface area contributed by atoms with Gasteiger partial charge in [0.25, 0.3) is 0 Å². The maximum atomic E-state index is 12.5. The highest BCUT2D eigenvalue weighted by Gasteiger charge is 2.35. The first-order chi connectivity index (χ1) is 18.9. The lowest BCUT2D eigenvalue weighted by molar-refractivity contribution is -0.128. The fraction of sp³-hybridized carbons (Fsp3) is 0.517. The zero-order chi connectivity index (χ0) is 27.5. The molecule has 206 valence electrons. The molecule has 10 heteroatoms. The summed E-state index contributed by atoms with van der Waals surface area (Å²) in [6.07, 6.45) is 3.62. The van der Waals surface area contributed by atoms with Gasteiger partial charge in [-0.1, -0.05) is 24.2 Å². The maximum Gasteiger partial charge on any atom is 0.318 e. The normalized spacial score (nSPS) is 21.6. The lowest BCUT2D eigenvalue weighted by atomic mass is 10.1.